The standard InChI is InChI=1S/C12H20N4O/c1-2-10-5-3-4-7-16(10)12(17)9-15-8-6-11(13)14-15/h6,8,10H,2-5,7,9H2,1H3,(H2,13,14). The molecule has 1 aliphatic rings. The quantitative estimate of drug-likeness (QED) is 0.859. The van der Waals surface area contributed by atoms with Gasteiger partial charge in [-0.3, -0.25) is 9.48 Å². The summed E-state index contributed by atoms with van der Waals surface area (Å²) in [6, 6.07) is 2.12. The van der Waals surface area contributed by atoms with E-state index in [0.29, 0.717) is 18.4 Å². The lowest BCUT2D eigenvalue weighted by atomic mass is 10.00. The molecular formula is C12H20N4O. The minimum absolute atomic E-state index is 0.152. The molecule has 1 saturated heterocycles. The maximum atomic E-state index is 12.2. The monoisotopic (exact) mass is 236 g/mol. The van der Waals surface area contributed by atoms with Crippen LogP contribution in [0.4, 0.5) is 5.82 Å². The second-order valence-corrected chi connectivity index (χ2v) is 4.58. The molecule has 1 amide bonds. The van der Waals surface area contributed by atoms with Crippen molar-refractivity contribution in [3.05, 3.63) is 12.3 Å². The molecule has 0 radical (unpaired) electrons. The number of aromatic nitrogens is 2. The summed E-state index contributed by atoms with van der Waals surface area (Å²) in [5.74, 6) is 0.614. The van der Waals surface area contributed by atoms with Crippen LogP contribution in [-0.2, 0) is 11.3 Å². The van der Waals surface area contributed by atoms with Gasteiger partial charge < -0.3 is 10.6 Å². The Hall–Kier alpha value is -1.52. The second-order valence-electron chi connectivity index (χ2n) is 4.58. The first-order chi connectivity index (χ1) is 8.20. The Balaban J connectivity index is 1.98. The van der Waals surface area contributed by atoms with Gasteiger partial charge in [-0.15, -0.1) is 0 Å². The van der Waals surface area contributed by atoms with Gasteiger partial charge in [0.15, 0.2) is 0 Å². The molecule has 94 valence electrons. The van der Waals surface area contributed by atoms with E-state index in [1.165, 1.54) is 6.42 Å². The first kappa shape index (κ1) is 12.0. The third-order valence-corrected chi connectivity index (χ3v) is 3.38. The maximum absolute atomic E-state index is 12.2. The van der Waals surface area contributed by atoms with Crippen molar-refractivity contribution in [3.8, 4) is 0 Å². The van der Waals surface area contributed by atoms with Crippen LogP contribution < -0.4 is 5.73 Å². The van der Waals surface area contributed by atoms with Gasteiger partial charge in [-0.05, 0) is 31.7 Å². The van der Waals surface area contributed by atoms with Gasteiger partial charge in [-0.25, -0.2) is 0 Å². The van der Waals surface area contributed by atoms with E-state index < -0.39 is 0 Å². The number of anilines is 1. The fourth-order valence-electron chi connectivity index (χ4n) is 2.45. The summed E-state index contributed by atoms with van der Waals surface area (Å²) in [5, 5.41) is 4.04. The van der Waals surface area contributed by atoms with Gasteiger partial charge in [0.1, 0.15) is 12.4 Å². The van der Waals surface area contributed by atoms with E-state index >= 15 is 0 Å². The summed E-state index contributed by atoms with van der Waals surface area (Å²) in [7, 11) is 0. The highest BCUT2D eigenvalue weighted by molar-refractivity contribution is 5.76. The fraction of sp³-hybridized carbons (Fsp3) is 0.667. The van der Waals surface area contributed by atoms with Crippen molar-refractivity contribution in [2.75, 3.05) is 12.3 Å². The van der Waals surface area contributed by atoms with Gasteiger partial charge >= 0.3 is 0 Å². The molecule has 1 aromatic rings. The molecule has 2 heterocycles. The van der Waals surface area contributed by atoms with E-state index in [9.17, 15) is 4.79 Å². The predicted octanol–water partition coefficient (Wildman–Crippen LogP) is 1.26. The van der Waals surface area contributed by atoms with Crippen LogP contribution in [0.15, 0.2) is 12.3 Å². The van der Waals surface area contributed by atoms with Gasteiger partial charge in [0.05, 0.1) is 0 Å². The molecular weight excluding hydrogens is 216 g/mol. The topological polar surface area (TPSA) is 64.2 Å². The first-order valence-corrected chi connectivity index (χ1v) is 6.29. The van der Waals surface area contributed by atoms with Crippen LogP contribution >= 0.6 is 0 Å². The molecule has 0 saturated carbocycles. The summed E-state index contributed by atoms with van der Waals surface area (Å²) >= 11 is 0. The van der Waals surface area contributed by atoms with Gasteiger partial charge in [0.2, 0.25) is 5.91 Å². The number of likely N-dealkylation sites (tertiary alicyclic amines) is 1. The molecule has 5 heteroatoms. The van der Waals surface area contributed by atoms with Gasteiger partial charge in [-0.1, -0.05) is 6.92 Å². The van der Waals surface area contributed by atoms with Crippen molar-refractivity contribution in [1.29, 1.82) is 0 Å². The number of amides is 1. The summed E-state index contributed by atoms with van der Waals surface area (Å²) in [4.78, 5) is 14.2. The van der Waals surface area contributed by atoms with Crippen molar-refractivity contribution < 1.29 is 4.79 Å². The molecule has 5 nitrogen and oxygen atoms in total. The highest BCUT2D eigenvalue weighted by atomic mass is 16.2. The number of nitrogen functional groups attached to an aromatic ring is 1. The first-order valence-electron chi connectivity index (χ1n) is 6.29. The van der Waals surface area contributed by atoms with Crippen molar-refractivity contribution in [2.45, 2.75) is 45.2 Å². The molecule has 1 atom stereocenters. The molecule has 0 aliphatic carbocycles. The number of carbonyl (C=O) groups excluding carboxylic acids is 1. The van der Waals surface area contributed by atoms with Gasteiger partial charge in [-0.2, -0.15) is 5.10 Å². The third kappa shape index (κ3) is 2.78. The Bertz CT molecular complexity index is 388. The predicted molar refractivity (Wildman–Crippen MR) is 66.3 cm³/mol. The summed E-state index contributed by atoms with van der Waals surface area (Å²) < 4.78 is 1.61. The Morgan fingerprint density at radius 1 is 1.59 bits per heavy atom. The number of nitrogens with zero attached hydrogens (tertiary/aromatic N) is 3. The van der Waals surface area contributed by atoms with Crippen LogP contribution in [0.3, 0.4) is 0 Å². The fourth-order valence-corrected chi connectivity index (χ4v) is 2.45. The summed E-state index contributed by atoms with van der Waals surface area (Å²) in [6.07, 6.45) is 6.26. The smallest absolute Gasteiger partial charge is 0.244 e. The highest BCUT2D eigenvalue weighted by Crippen LogP contribution is 2.19. The molecule has 0 bridgehead atoms. The summed E-state index contributed by atoms with van der Waals surface area (Å²) in [6.45, 7) is 3.32. The normalized spacial score (nSPS) is 20.5. The second kappa shape index (κ2) is 5.21. The Morgan fingerprint density at radius 3 is 3.06 bits per heavy atom. The minimum atomic E-state index is 0.152. The Labute approximate surface area is 102 Å². The molecule has 0 aromatic carbocycles. The van der Waals surface area contributed by atoms with Crippen molar-refractivity contribution in [2.24, 2.45) is 0 Å². The molecule has 1 fully saturated rings. The van der Waals surface area contributed by atoms with Crippen LogP contribution in [0.2, 0.25) is 0 Å². The average Bonchev–Trinajstić information content (AvgIpc) is 2.74. The van der Waals surface area contributed by atoms with Crippen LogP contribution in [0.25, 0.3) is 0 Å². The zero-order valence-electron chi connectivity index (χ0n) is 10.3. The Morgan fingerprint density at radius 2 is 2.41 bits per heavy atom. The molecule has 0 spiro atoms. The zero-order chi connectivity index (χ0) is 12.3. The number of rotatable bonds is 3. The van der Waals surface area contributed by atoms with Crippen LogP contribution in [0.1, 0.15) is 32.6 Å². The van der Waals surface area contributed by atoms with E-state index in [1.807, 2.05) is 4.90 Å². The number of carbonyl (C=O) groups is 1. The molecule has 2 rings (SSSR count). The molecule has 1 aromatic heterocycles. The number of hydrogen-bond acceptors (Lipinski definition) is 3. The molecule has 1 aliphatic heterocycles. The maximum Gasteiger partial charge on any atom is 0.244 e. The molecule has 2 N–H and O–H groups in total. The van der Waals surface area contributed by atoms with E-state index in [2.05, 4.69) is 12.0 Å². The lowest BCUT2D eigenvalue weighted by molar-refractivity contribution is -0.135. The molecule has 17 heavy (non-hydrogen) atoms. The van der Waals surface area contributed by atoms with Crippen molar-refractivity contribution in [3.63, 3.8) is 0 Å². The lowest BCUT2D eigenvalue weighted by Crippen LogP contribution is -2.44. The zero-order valence-corrected chi connectivity index (χ0v) is 10.3. The van der Waals surface area contributed by atoms with E-state index in [1.54, 1.807) is 16.9 Å². The Kier molecular flexibility index (Phi) is 3.66. The number of piperidine rings is 1. The van der Waals surface area contributed by atoms with Gasteiger partial charge in [0, 0.05) is 18.8 Å². The van der Waals surface area contributed by atoms with Crippen molar-refractivity contribution >= 4 is 11.7 Å². The third-order valence-electron chi connectivity index (χ3n) is 3.38. The van der Waals surface area contributed by atoms with Crippen LogP contribution in [0.5, 0.6) is 0 Å². The molecule has 1 unspecified atom stereocenters. The van der Waals surface area contributed by atoms with E-state index in [0.717, 1.165) is 25.8 Å². The van der Waals surface area contributed by atoms with E-state index in [-0.39, 0.29) is 5.91 Å². The number of nitrogens with two attached hydrogens (primary N) is 1. The summed E-state index contributed by atoms with van der Waals surface area (Å²) in [5.41, 5.74) is 5.53. The van der Waals surface area contributed by atoms with E-state index in [4.69, 9.17) is 5.73 Å². The van der Waals surface area contributed by atoms with Crippen LogP contribution in [-0.4, -0.2) is 33.2 Å². The van der Waals surface area contributed by atoms with Crippen molar-refractivity contribution in [1.82, 2.24) is 14.7 Å². The number of hydrogen-bond donors (Lipinski definition) is 1. The highest BCUT2D eigenvalue weighted by Gasteiger charge is 2.25. The largest absolute Gasteiger partial charge is 0.382 e. The van der Waals surface area contributed by atoms with Crippen LogP contribution in [0, 0.1) is 0 Å². The lowest BCUT2D eigenvalue weighted by Gasteiger charge is -2.35. The SMILES string of the molecule is CCC1CCCCN1C(=O)Cn1ccc(N)n1. The minimum Gasteiger partial charge on any atom is -0.382 e. The average molecular weight is 236 g/mol. The van der Waals surface area contributed by atoms with Gasteiger partial charge in [0.25, 0.3) is 0 Å².